The summed E-state index contributed by atoms with van der Waals surface area (Å²) < 4.78 is 34.1. The average molecular weight is 419 g/mol. The Balaban J connectivity index is 2.07. The summed E-state index contributed by atoms with van der Waals surface area (Å²) in [5, 5.41) is 0. The minimum atomic E-state index is -3.60. The largest absolute Gasteiger partial charge is 0.495 e. The highest BCUT2D eigenvalue weighted by Crippen LogP contribution is 2.27. The lowest BCUT2D eigenvalue weighted by atomic mass is 10.0. The molecule has 0 saturated carbocycles. The predicted molar refractivity (Wildman–Crippen MR) is 100 cm³/mol. The first-order valence-corrected chi connectivity index (χ1v) is 10.8. The number of nitrogens with zero attached hydrogens (tertiary/aromatic N) is 1. The maximum atomic E-state index is 12.7. The van der Waals surface area contributed by atoms with Crippen molar-refractivity contribution in [3.8, 4) is 5.75 Å². The number of piperidine rings is 1. The molecule has 5 nitrogen and oxygen atoms in total. The minimum Gasteiger partial charge on any atom is -0.495 e. The fraction of sp³-hybridized carbons (Fsp3) is 0.647. The van der Waals surface area contributed by atoms with E-state index in [9.17, 15) is 8.42 Å². The van der Waals surface area contributed by atoms with E-state index in [2.05, 4.69) is 32.5 Å². The Morgan fingerprint density at radius 2 is 2.17 bits per heavy atom. The molecule has 7 heteroatoms. The molecule has 0 radical (unpaired) electrons. The second kappa shape index (κ2) is 9.17. The van der Waals surface area contributed by atoms with Gasteiger partial charge >= 0.3 is 0 Å². The van der Waals surface area contributed by atoms with E-state index in [-0.39, 0.29) is 10.9 Å². The molecule has 1 aromatic rings. The van der Waals surface area contributed by atoms with Crippen molar-refractivity contribution in [2.24, 2.45) is 0 Å². The van der Waals surface area contributed by atoms with Gasteiger partial charge in [0.15, 0.2) is 0 Å². The average Bonchev–Trinajstić information content (AvgIpc) is 2.59. The highest BCUT2D eigenvalue weighted by atomic mass is 79.9. The van der Waals surface area contributed by atoms with E-state index in [1.54, 1.807) is 18.2 Å². The Morgan fingerprint density at radius 3 is 2.88 bits per heavy atom. The van der Waals surface area contributed by atoms with Gasteiger partial charge in [0.1, 0.15) is 10.6 Å². The van der Waals surface area contributed by atoms with Gasteiger partial charge in [-0.3, -0.25) is 4.90 Å². The number of benzene rings is 1. The Hall–Kier alpha value is -0.630. The number of hydrogen-bond acceptors (Lipinski definition) is 4. The van der Waals surface area contributed by atoms with Gasteiger partial charge in [-0.1, -0.05) is 35.7 Å². The lowest BCUT2D eigenvalue weighted by molar-refractivity contribution is 0.148. The number of sulfonamides is 1. The first-order valence-electron chi connectivity index (χ1n) is 8.55. The maximum absolute atomic E-state index is 12.7. The number of unbranched alkanes of at least 4 members (excludes halogenated alkanes) is 1. The summed E-state index contributed by atoms with van der Waals surface area (Å²) in [6.45, 7) is 4.73. The van der Waals surface area contributed by atoms with Crippen LogP contribution >= 0.6 is 15.9 Å². The second-order valence-corrected chi connectivity index (χ2v) is 8.84. The molecular weight excluding hydrogens is 392 g/mol. The molecule has 1 fully saturated rings. The molecule has 2 rings (SSSR count). The van der Waals surface area contributed by atoms with E-state index < -0.39 is 10.0 Å². The number of nitrogens with one attached hydrogen (secondary N) is 1. The van der Waals surface area contributed by atoms with Crippen LogP contribution in [-0.2, 0) is 10.0 Å². The van der Waals surface area contributed by atoms with E-state index in [4.69, 9.17) is 4.74 Å². The number of halogens is 1. The van der Waals surface area contributed by atoms with Crippen molar-refractivity contribution < 1.29 is 13.2 Å². The smallest absolute Gasteiger partial charge is 0.244 e. The van der Waals surface area contributed by atoms with Crippen molar-refractivity contribution in [2.45, 2.75) is 50.0 Å². The van der Waals surface area contributed by atoms with Crippen molar-refractivity contribution in [2.75, 3.05) is 26.7 Å². The van der Waals surface area contributed by atoms with E-state index >= 15 is 0 Å². The monoisotopic (exact) mass is 418 g/mol. The van der Waals surface area contributed by atoms with Gasteiger partial charge in [-0.05, 0) is 50.6 Å². The lowest BCUT2D eigenvalue weighted by Gasteiger charge is -2.35. The molecule has 1 unspecified atom stereocenters. The molecule has 0 spiro atoms. The van der Waals surface area contributed by atoms with Crippen molar-refractivity contribution in [1.29, 1.82) is 0 Å². The van der Waals surface area contributed by atoms with Gasteiger partial charge in [-0.15, -0.1) is 0 Å². The van der Waals surface area contributed by atoms with Crippen LogP contribution in [0.5, 0.6) is 5.75 Å². The van der Waals surface area contributed by atoms with Crippen molar-refractivity contribution in [3.63, 3.8) is 0 Å². The van der Waals surface area contributed by atoms with Gasteiger partial charge in [-0.2, -0.15) is 0 Å². The van der Waals surface area contributed by atoms with Crippen molar-refractivity contribution >= 4 is 26.0 Å². The van der Waals surface area contributed by atoms with Crippen molar-refractivity contribution in [3.05, 3.63) is 22.7 Å². The van der Waals surface area contributed by atoms with Crippen molar-refractivity contribution in [1.82, 2.24) is 9.62 Å². The van der Waals surface area contributed by atoms with Gasteiger partial charge in [0.25, 0.3) is 0 Å². The minimum absolute atomic E-state index is 0.176. The molecular formula is C17H27BrN2O3S. The molecule has 0 aliphatic carbocycles. The molecule has 1 aromatic carbocycles. The number of likely N-dealkylation sites (tertiary alicyclic amines) is 1. The van der Waals surface area contributed by atoms with Crippen LogP contribution in [0.3, 0.4) is 0 Å². The highest BCUT2D eigenvalue weighted by molar-refractivity contribution is 9.10. The third-order valence-electron chi connectivity index (χ3n) is 4.47. The number of methoxy groups -OCH3 is 1. The van der Waals surface area contributed by atoms with Gasteiger partial charge in [0, 0.05) is 17.1 Å². The maximum Gasteiger partial charge on any atom is 0.244 e. The molecule has 0 amide bonds. The summed E-state index contributed by atoms with van der Waals surface area (Å²) in [6, 6.07) is 5.29. The first-order chi connectivity index (χ1) is 11.5. The van der Waals surface area contributed by atoms with Gasteiger partial charge in [-0.25, -0.2) is 13.1 Å². The summed E-state index contributed by atoms with van der Waals surface area (Å²) in [5.41, 5.74) is 0. The Morgan fingerprint density at radius 1 is 1.38 bits per heavy atom. The van der Waals surface area contributed by atoms with E-state index in [0.29, 0.717) is 16.8 Å². The number of hydrogen-bond donors (Lipinski definition) is 1. The predicted octanol–water partition coefficient (Wildman–Crippen LogP) is 3.39. The summed E-state index contributed by atoms with van der Waals surface area (Å²) in [5.74, 6) is 0.359. The zero-order valence-electron chi connectivity index (χ0n) is 14.4. The summed E-state index contributed by atoms with van der Waals surface area (Å²) in [7, 11) is -2.12. The van der Waals surface area contributed by atoms with E-state index in [1.807, 2.05) is 0 Å². The van der Waals surface area contributed by atoms with Crippen LogP contribution in [0.15, 0.2) is 27.6 Å². The van der Waals surface area contributed by atoms with Crippen LogP contribution in [0.1, 0.15) is 39.0 Å². The van der Waals surface area contributed by atoms with Crippen LogP contribution in [0.25, 0.3) is 0 Å². The highest BCUT2D eigenvalue weighted by Gasteiger charge is 2.25. The molecule has 24 heavy (non-hydrogen) atoms. The normalized spacial score (nSPS) is 19.4. The van der Waals surface area contributed by atoms with Gasteiger partial charge in [0.2, 0.25) is 10.0 Å². The van der Waals surface area contributed by atoms with Crippen LogP contribution in [-0.4, -0.2) is 46.1 Å². The number of rotatable bonds is 8. The van der Waals surface area contributed by atoms with Gasteiger partial charge in [0.05, 0.1) is 7.11 Å². The van der Waals surface area contributed by atoms with E-state index in [0.717, 1.165) is 38.8 Å². The second-order valence-electron chi connectivity index (χ2n) is 6.19. The Bertz CT molecular complexity index is 637. The lowest BCUT2D eigenvalue weighted by Crippen LogP contribution is -2.46. The molecule has 1 N–H and O–H groups in total. The quantitative estimate of drug-likeness (QED) is 0.702. The van der Waals surface area contributed by atoms with Crippen LogP contribution in [0.2, 0.25) is 0 Å². The molecule has 1 aliphatic rings. The zero-order valence-corrected chi connectivity index (χ0v) is 16.8. The Kier molecular flexibility index (Phi) is 7.53. The SMILES string of the molecule is CCCCN1CCCCC1CNS(=O)(=O)c1cc(Br)ccc1OC. The molecule has 1 saturated heterocycles. The Labute approximate surface area is 153 Å². The molecule has 1 atom stereocenters. The first kappa shape index (κ1) is 19.7. The molecule has 0 bridgehead atoms. The third-order valence-corrected chi connectivity index (χ3v) is 6.41. The summed E-state index contributed by atoms with van der Waals surface area (Å²) >= 11 is 3.33. The topological polar surface area (TPSA) is 58.6 Å². The molecule has 1 aliphatic heterocycles. The summed E-state index contributed by atoms with van der Waals surface area (Å²) in [4.78, 5) is 2.60. The third kappa shape index (κ3) is 5.18. The van der Waals surface area contributed by atoms with Crippen LogP contribution in [0.4, 0.5) is 0 Å². The fourth-order valence-corrected chi connectivity index (χ4v) is 4.87. The zero-order chi connectivity index (χ0) is 17.6. The molecule has 0 aromatic heterocycles. The fourth-order valence-electron chi connectivity index (χ4n) is 3.09. The summed E-state index contributed by atoms with van der Waals surface area (Å²) in [6.07, 6.45) is 5.72. The molecule has 136 valence electrons. The van der Waals surface area contributed by atoms with E-state index in [1.165, 1.54) is 13.5 Å². The van der Waals surface area contributed by atoms with Gasteiger partial charge < -0.3 is 4.74 Å². The standard InChI is InChI=1S/C17H27BrN2O3S/c1-3-4-10-20-11-6-5-7-15(20)13-19-24(21,22)17-12-14(18)8-9-16(17)23-2/h8-9,12,15,19H,3-7,10-11,13H2,1-2H3. The van der Waals surface area contributed by atoms with Crippen LogP contribution < -0.4 is 9.46 Å². The van der Waals surface area contributed by atoms with Crippen LogP contribution in [0, 0.1) is 0 Å². The number of ether oxygens (including phenoxy) is 1. The molecule has 1 heterocycles.